The highest BCUT2D eigenvalue weighted by atomic mass is 28.3. The molecule has 0 aliphatic rings. The topological polar surface area (TPSA) is 40.5 Å². The van der Waals surface area contributed by atoms with Crippen LogP contribution in [0.5, 0.6) is 11.5 Å². The molecule has 118 valence electrons. The normalized spacial score (nSPS) is 11.3. The monoisotopic (exact) mass is 330 g/mol. The van der Waals surface area contributed by atoms with E-state index in [4.69, 9.17) is 0 Å². The van der Waals surface area contributed by atoms with Crippen LogP contribution in [0.25, 0.3) is 0 Å². The molecular formula is C18H26O2Si2. The molecule has 0 unspecified atom stereocenters. The standard InChI is InChI=1S/C18H26O2Si2/c1-13-14(2)18(20)16(10-12-22(6,7)8)15(17(13)19)9-11-21(3,4)5/h19-20H,1-8H3. The van der Waals surface area contributed by atoms with Gasteiger partial charge in [-0.25, -0.2) is 0 Å². The first-order valence-electron chi connectivity index (χ1n) is 7.45. The summed E-state index contributed by atoms with van der Waals surface area (Å²) in [6, 6.07) is 0. The van der Waals surface area contributed by atoms with E-state index in [1.54, 1.807) is 13.8 Å². The lowest BCUT2D eigenvalue weighted by Crippen LogP contribution is -2.17. The van der Waals surface area contributed by atoms with Gasteiger partial charge < -0.3 is 10.2 Å². The number of benzene rings is 1. The van der Waals surface area contributed by atoms with E-state index < -0.39 is 16.1 Å². The maximum atomic E-state index is 10.5. The third-order valence-corrected chi connectivity index (χ3v) is 4.87. The molecule has 0 aliphatic heterocycles. The van der Waals surface area contributed by atoms with Crippen molar-refractivity contribution in [2.24, 2.45) is 0 Å². The van der Waals surface area contributed by atoms with E-state index in [0.717, 1.165) is 0 Å². The fraction of sp³-hybridized carbons (Fsp3) is 0.444. The molecule has 0 amide bonds. The van der Waals surface area contributed by atoms with Crippen molar-refractivity contribution < 1.29 is 10.2 Å². The van der Waals surface area contributed by atoms with Crippen LogP contribution in [0.15, 0.2) is 0 Å². The van der Waals surface area contributed by atoms with Crippen LogP contribution in [-0.4, -0.2) is 26.4 Å². The van der Waals surface area contributed by atoms with Crippen LogP contribution in [0.2, 0.25) is 39.3 Å². The number of phenols is 2. The zero-order chi connectivity index (χ0) is 17.3. The van der Waals surface area contributed by atoms with Crippen molar-refractivity contribution in [2.75, 3.05) is 0 Å². The SMILES string of the molecule is Cc1c(C)c(O)c(C#C[Si](C)(C)C)c(C#C[Si](C)(C)C)c1O. The Bertz CT molecular complexity index is 650. The summed E-state index contributed by atoms with van der Waals surface area (Å²) in [5, 5.41) is 20.9. The van der Waals surface area contributed by atoms with Crippen molar-refractivity contribution in [3.63, 3.8) is 0 Å². The lowest BCUT2D eigenvalue weighted by atomic mass is 9.97. The van der Waals surface area contributed by atoms with Gasteiger partial charge >= 0.3 is 0 Å². The number of phenolic OH excluding ortho intramolecular Hbond substituents is 2. The van der Waals surface area contributed by atoms with Gasteiger partial charge in [0, 0.05) is 0 Å². The van der Waals surface area contributed by atoms with Crippen LogP contribution in [-0.2, 0) is 0 Å². The van der Waals surface area contributed by atoms with E-state index >= 15 is 0 Å². The molecule has 0 atom stereocenters. The number of aromatic hydroxyl groups is 2. The van der Waals surface area contributed by atoms with Crippen molar-refractivity contribution in [1.29, 1.82) is 0 Å². The summed E-state index contributed by atoms with van der Waals surface area (Å²) in [4.78, 5) is 0. The first-order chi connectivity index (χ1) is 9.83. The van der Waals surface area contributed by atoms with Gasteiger partial charge in [-0.15, -0.1) is 11.1 Å². The quantitative estimate of drug-likeness (QED) is 0.426. The van der Waals surface area contributed by atoms with Crippen LogP contribution < -0.4 is 0 Å². The Balaban J connectivity index is 3.71. The molecule has 22 heavy (non-hydrogen) atoms. The summed E-state index contributed by atoms with van der Waals surface area (Å²) >= 11 is 0. The van der Waals surface area contributed by atoms with Crippen molar-refractivity contribution in [1.82, 2.24) is 0 Å². The molecule has 2 nitrogen and oxygen atoms in total. The van der Waals surface area contributed by atoms with Gasteiger partial charge in [0.2, 0.25) is 0 Å². The second-order valence-corrected chi connectivity index (χ2v) is 17.2. The molecule has 0 spiro atoms. The predicted octanol–water partition coefficient (Wildman–Crippen LogP) is 4.17. The Labute approximate surface area is 136 Å². The van der Waals surface area contributed by atoms with Gasteiger partial charge in [0.1, 0.15) is 27.6 Å². The number of rotatable bonds is 0. The highest BCUT2D eigenvalue weighted by Crippen LogP contribution is 2.35. The second-order valence-electron chi connectivity index (χ2n) is 7.70. The zero-order valence-electron chi connectivity index (χ0n) is 14.9. The Kier molecular flexibility index (Phi) is 5.23. The molecule has 2 N–H and O–H groups in total. The van der Waals surface area contributed by atoms with Gasteiger partial charge in [-0.05, 0) is 25.0 Å². The smallest absolute Gasteiger partial charge is 0.135 e. The second kappa shape index (κ2) is 6.24. The highest BCUT2D eigenvalue weighted by molar-refractivity contribution is 6.84. The predicted molar refractivity (Wildman–Crippen MR) is 99.7 cm³/mol. The van der Waals surface area contributed by atoms with Gasteiger partial charge in [-0.1, -0.05) is 51.1 Å². The van der Waals surface area contributed by atoms with E-state index in [1.165, 1.54) is 0 Å². The average Bonchev–Trinajstić information content (AvgIpc) is 2.35. The van der Waals surface area contributed by atoms with Gasteiger partial charge in [-0.2, -0.15) is 0 Å². The van der Waals surface area contributed by atoms with Crippen molar-refractivity contribution in [3.8, 4) is 34.4 Å². The largest absolute Gasteiger partial charge is 0.506 e. The van der Waals surface area contributed by atoms with Crippen molar-refractivity contribution >= 4 is 16.1 Å². The van der Waals surface area contributed by atoms with Gasteiger partial charge in [0.15, 0.2) is 0 Å². The molecule has 0 fully saturated rings. The minimum atomic E-state index is -1.59. The first-order valence-corrected chi connectivity index (χ1v) is 14.4. The lowest BCUT2D eigenvalue weighted by Gasteiger charge is -2.13. The third-order valence-electron chi connectivity index (χ3n) is 3.12. The van der Waals surface area contributed by atoms with Crippen molar-refractivity contribution in [2.45, 2.75) is 53.1 Å². The Hall–Kier alpha value is -1.63. The number of hydrogen-bond acceptors (Lipinski definition) is 2. The molecule has 4 heteroatoms. The third kappa shape index (κ3) is 4.69. The molecule has 0 radical (unpaired) electrons. The van der Waals surface area contributed by atoms with E-state index in [-0.39, 0.29) is 11.5 Å². The van der Waals surface area contributed by atoms with Crippen LogP contribution in [0.1, 0.15) is 22.3 Å². The Morgan fingerprint density at radius 1 is 0.636 bits per heavy atom. The molecule has 0 saturated carbocycles. The summed E-state index contributed by atoms with van der Waals surface area (Å²) in [7, 11) is -3.17. The summed E-state index contributed by atoms with van der Waals surface area (Å²) < 4.78 is 0. The minimum absolute atomic E-state index is 0.140. The van der Waals surface area contributed by atoms with Gasteiger partial charge in [0.25, 0.3) is 0 Å². The van der Waals surface area contributed by atoms with Crippen LogP contribution >= 0.6 is 0 Å². The highest BCUT2D eigenvalue weighted by Gasteiger charge is 2.18. The van der Waals surface area contributed by atoms with E-state index in [1.807, 2.05) is 0 Å². The lowest BCUT2D eigenvalue weighted by molar-refractivity contribution is 0.450. The molecular weight excluding hydrogens is 304 g/mol. The van der Waals surface area contributed by atoms with E-state index in [9.17, 15) is 10.2 Å². The summed E-state index contributed by atoms with van der Waals surface area (Å²) in [5.41, 5.74) is 8.76. The molecule has 1 rings (SSSR count). The number of hydrogen-bond donors (Lipinski definition) is 2. The maximum absolute atomic E-state index is 10.5. The molecule has 0 heterocycles. The van der Waals surface area contributed by atoms with Crippen LogP contribution in [0.4, 0.5) is 0 Å². The summed E-state index contributed by atoms with van der Waals surface area (Å²) in [6.07, 6.45) is 0. The summed E-state index contributed by atoms with van der Waals surface area (Å²) in [6.45, 7) is 16.4. The molecule has 0 aromatic heterocycles. The molecule has 0 saturated heterocycles. The first kappa shape index (κ1) is 18.4. The molecule has 0 bridgehead atoms. The minimum Gasteiger partial charge on any atom is -0.506 e. The van der Waals surface area contributed by atoms with Gasteiger partial charge in [-0.3, -0.25) is 0 Å². The average molecular weight is 331 g/mol. The molecule has 1 aromatic rings. The van der Waals surface area contributed by atoms with Crippen LogP contribution in [0.3, 0.4) is 0 Å². The fourth-order valence-electron chi connectivity index (χ4n) is 1.71. The van der Waals surface area contributed by atoms with E-state index in [2.05, 4.69) is 62.2 Å². The van der Waals surface area contributed by atoms with E-state index in [0.29, 0.717) is 22.3 Å². The van der Waals surface area contributed by atoms with Crippen LogP contribution in [0, 0.1) is 36.8 Å². The summed E-state index contributed by atoms with van der Waals surface area (Å²) in [5.74, 6) is 6.44. The maximum Gasteiger partial charge on any atom is 0.135 e. The van der Waals surface area contributed by atoms with Gasteiger partial charge in [0.05, 0.1) is 11.1 Å². The molecule has 1 aromatic carbocycles. The molecule has 0 aliphatic carbocycles. The fourth-order valence-corrected chi connectivity index (χ4v) is 2.71. The Morgan fingerprint density at radius 3 is 1.14 bits per heavy atom. The Morgan fingerprint density at radius 2 is 0.909 bits per heavy atom. The zero-order valence-corrected chi connectivity index (χ0v) is 16.9. The van der Waals surface area contributed by atoms with Crippen molar-refractivity contribution in [3.05, 3.63) is 22.3 Å².